The highest BCUT2D eigenvalue weighted by Gasteiger charge is 2.32. The lowest BCUT2D eigenvalue weighted by atomic mass is 9.81. The number of pyridine rings is 3. The highest BCUT2D eigenvalue weighted by atomic mass is 127. The zero-order chi connectivity index (χ0) is 57.6. The fraction of sp³-hybridized carbons (Fsp3) is 0.258. The van der Waals surface area contributed by atoms with E-state index in [0.717, 1.165) is 60.1 Å². The molecular weight excluding hydrogens is 1250 g/mol. The van der Waals surface area contributed by atoms with Crippen molar-refractivity contribution in [1.82, 2.24) is 13.7 Å². The predicted octanol–water partition coefficient (Wildman–Crippen LogP) is 11.7. The minimum Gasteiger partial charge on any atom is -0.492 e. The molecule has 17 heteroatoms. The summed E-state index contributed by atoms with van der Waals surface area (Å²) >= 11 is 9.38. The second-order valence-electron chi connectivity index (χ2n) is 19.9. The molecule has 0 bridgehead atoms. The predicted molar refractivity (Wildman–Crippen MR) is 327 cm³/mol. The molecule has 12 nitrogen and oxygen atoms in total. The zero-order valence-corrected chi connectivity index (χ0v) is 51.0. The van der Waals surface area contributed by atoms with Gasteiger partial charge in [-0.1, -0.05) is 68.3 Å². The number of benzene rings is 5. The third kappa shape index (κ3) is 14.5. The summed E-state index contributed by atoms with van der Waals surface area (Å²) < 4.78 is 40.5. The molecule has 4 heterocycles. The summed E-state index contributed by atoms with van der Waals surface area (Å²) in [6.45, 7) is 12.9. The number of carbonyl (C=O) groups excluding carboxylic acids is 1. The van der Waals surface area contributed by atoms with Crippen molar-refractivity contribution >= 4 is 73.0 Å². The van der Waals surface area contributed by atoms with Crippen molar-refractivity contribution in [3.63, 3.8) is 0 Å². The molecule has 2 N–H and O–H groups in total. The van der Waals surface area contributed by atoms with Gasteiger partial charge in [-0.2, -0.15) is 0 Å². The van der Waals surface area contributed by atoms with Crippen LogP contribution in [0, 0.1) is 50.9 Å². The molecule has 2 atom stereocenters. The van der Waals surface area contributed by atoms with Crippen molar-refractivity contribution in [2.75, 3.05) is 13.7 Å². The van der Waals surface area contributed by atoms with E-state index in [9.17, 15) is 19.2 Å². The molecule has 0 unspecified atom stereocenters. The third-order valence-electron chi connectivity index (χ3n) is 14.0. The van der Waals surface area contributed by atoms with Gasteiger partial charge in [0, 0.05) is 93.6 Å². The molecule has 79 heavy (non-hydrogen) atoms. The van der Waals surface area contributed by atoms with Gasteiger partial charge in [0.15, 0.2) is 0 Å². The summed E-state index contributed by atoms with van der Waals surface area (Å²) in [5.41, 5.74) is 15.6. The van der Waals surface area contributed by atoms with E-state index in [-0.39, 0.29) is 46.3 Å². The number of carbonyl (C=O) groups is 1. The molecule has 0 radical (unpaired) electrons. The van der Waals surface area contributed by atoms with E-state index < -0.39 is 13.2 Å². The monoisotopic (exact) mass is 1310 g/mol. The number of nitrogens with zero attached hydrogens (tertiary/aromatic N) is 3. The van der Waals surface area contributed by atoms with Gasteiger partial charge in [-0.15, -0.1) is 0 Å². The number of ether oxygens (including phenoxy) is 3. The number of hydrogen-bond acceptors (Lipinski definition) is 9. The number of halogens is 4. The quantitative estimate of drug-likeness (QED) is 0.0861. The van der Waals surface area contributed by atoms with Crippen LogP contribution in [-0.2, 0) is 37.1 Å². The number of methoxy groups -OCH3 is 1. The lowest BCUT2D eigenvalue weighted by molar-refractivity contribution is -0.141. The first-order chi connectivity index (χ1) is 37.4. The number of aryl methyl sites for hydroxylation is 9. The molecule has 2 aliphatic rings. The van der Waals surface area contributed by atoms with E-state index in [1.807, 2.05) is 36.4 Å². The fourth-order valence-corrected chi connectivity index (χ4v) is 11.1. The first-order valence-electron chi connectivity index (χ1n) is 25.4. The van der Waals surface area contributed by atoms with Gasteiger partial charge in [0.2, 0.25) is 5.56 Å². The Morgan fingerprint density at radius 2 is 1.19 bits per heavy atom. The molecule has 3 aromatic heterocycles. The lowest BCUT2D eigenvalue weighted by Crippen LogP contribution is -2.34. The van der Waals surface area contributed by atoms with Crippen LogP contribution in [0.1, 0.15) is 74.9 Å². The van der Waals surface area contributed by atoms with E-state index in [1.165, 1.54) is 66.4 Å². The van der Waals surface area contributed by atoms with Crippen LogP contribution in [0.15, 0.2) is 145 Å². The van der Waals surface area contributed by atoms with Crippen LogP contribution in [0.25, 0.3) is 33.4 Å². The second-order valence-corrected chi connectivity index (χ2v) is 22.7. The Morgan fingerprint density at radius 3 is 1.70 bits per heavy atom. The van der Waals surface area contributed by atoms with Crippen LogP contribution in [0.3, 0.4) is 0 Å². The molecular formula is C62H62BBr2FIN3O9. The summed E-state index contributed by atoms with van der Waals surface area (Å²) in [7, 11) is 4.90. The number of rotatable bonds is 8. The van der Waals surface area contributed by atoms with Gasteiger partial charge >= 0.3 is 13.1 Å². The summed E-state index contributed by atoms with van der Waals surface area (Å²) in [6, 6.07) is 31.6. The van der Waals surface area contributed by atoms with Crippen molar-refractivity contribution in [2.24, 2.45) is 21.1 Å². The van der Waals surface area contributed by atoms with Crippen molar-refractivity contribution < 1.29 is 33.4 Å². The van der Waals surface area contributed by atoms with E-state index in [0.29, 0.717) is 36.5 Å². The topological polar surface area (TPSA) is 151 Å². The number of esters is 1. The highest BCUT2D eigenvalue weighted by molar-refractivity contribution is 14.1. The Morgan fingerprint density at radius 1 is 0.684 bits per heavy atom. The van der Waals surface area contributed by atoms with E-state index in [4.69, 9.17) is 24.3 Å². The van der Waals surface area contributed by atoms with Crippen molar-refractivity contribution in [2.45, 2.75) is 72.8 Å². The van der Waals surface area contributed by atoms with Crippen LogP contribution < -0.4 is 31.6 Å². The number of fused-ring (bicyclic) bond motifs is 2. The van der Waals surface area contributed by atoms with Gasteiger partial charge in [-0.05, 0) is 197 Å². The van der Waals surface area contributed by atoms with Crippen molar-refractivity contribution in [3.05, 3.63) is 221 Å². The minimum atomic E-state index is -1.57. The first-order valence-corrected chi connectivity index (χ1v) is 28.1. The highest BCUT2D eigenvalue weighted by Crippen LogP contribution is 2.45. The van der Waals surface area contributed by atoms with Crippen molar-refractivity contribution in [3.8, 4) is 44.9 Å². The largest absolute Gasteiger partial charge is 0.492 e. The molecule has 5 aromatic carbocycles. The Kier molecular flexibility index (Phi) is 20.0. The molecule has 1 aliphatic heterocycles. The Hall–Kier alpha value is -6.38. The maximum atomic E-state index is 15.3. The van der Waals surface area contributed by atoms with Crippen LogP contribution in [-0.4, -0.2) is 50.6 Å². The minimum absolute atomic E-state index is 0.0146. The smallest absolute Gasteiger partial charge is 0.488 e. The fourth-order valence-electron chi connectivity index (χ4n) is 9.71. The maximum absolute atomic E-state index is 15.3. The van der Waals surface area contributed by atoms with E-state index in [1.54, 1.807) is 54.8 Å². The summed E-state index contributed by atoms with van der Waals surface area (Å²) in [5, 5.41) is 17.3. The average Bonchev–Trinajstić information content (AvgIpc) is 4.07. The molecule has 0 saturated carbocycles. The Bertz CT molecular complexity index is 3710. The second kappa shape index (κ2) is 26.3. The maximum Gasteiger partial charge on any atom is 0.488 e. The van der Waals surface area contributed by atoms with Crippen LogP contribution >= 0.6 is 54.5 Å². The molecule has 0 amide bonds. The number of aromatic nitrogens is 3. The number of hydrogen-bond donors (Lipinski definition) is 2. The van der Waals surface area contributed by atoms with Gasteiger partial charge in [0.1, 0.15) is 23.4 Å². The summed E-state index contributed by atoms with van der Waals surface area (Å²) in [6.07, 6.45) is 6.26. The van der Waals surface area contributed by atoms with Gasteiger partial charge in [-0.3, -0.25) is 19.2 Å². The van der Waals surface area contributed by atoms with Gasteiger partial charge in [0.05, 0.1) is 20.1 Å². The summed E-state index contributed by atoms with van der Waals surface area (Å²) in [5.74, 6) is 0.701. The molecule has 410 valence electrons. The first kappa shape index (κ1) is 60.3. The standard InChI is InChI=1S/C34H32FNO5.C14H14BrNO.C8H8BrI.C6H8BNO3/c1-19-13-22(21-11-12-36(3)31(37)15-21)14-20(2)33(19)26-7-9-28(35)34-27(26)8-10-29(34)41-24-5-6-25-23(16-32(38)39-4)18-40-30(25)17-24;1-9-6-12(7-10(2)14(9)15)11-4-5-16(3)13(17)8-11;1-5-3-7(10)4-6(2)8(5)9;1-8-3-2-5(7(10)11)4-6(8)9/h5-7,9,11-15,17,23,29H,8,10,16,18H2,1-4H3;4-8H,1-3H3;3-4H,1-2H3;2-4,10-11H,1H3/t23-,29-;;;/m1.../s1. The summed E-state index contributed by atoms with van der Waals surface area (Å²) in [4.78, 5) is 46.4. The van der Waals surface area contributed by atoms with Gasteiger partial charge in [0.25, 0.3) is 11.1 Å². The molecule has 0 saturated heterocycles. The SMILES string of the molecule is COC(=O)C[C@@H]1COc2cc(O[C@@H]3CCc4c(-c5c(C)cc(-c6ccn(C)c(=O)c6)cc5C)ccc(F)c43)ccc21.Cc1cc(-c2ccn(C)c(=O)c2)cc(C)c1Br.Cc1cc(I)cc(C)c1Br.Cn1ccc(B(O)O)cc1=O. The van der Waals surface area contributed by atoms with Crippen molar-refractivity contribution in [1.29, 1.82) is 0 Å². The molecule has 0 fully saturated rings. The molecule has 1 aliphatic carbocycles. The van der Waals surface area contributed by atoms with Crippen LogP contribution in [0.5, 0.6) is 11.5 Å². The Labute approximate surface area is 490 Å². The van der Waals surface area contributed by atoms with E-state index in [2.05, 4.69) is 132 Å². The van der Waals surface area contributed by atoms with Crippen LogP contribution in [0.2, 0.25) is 0 Å². The molecule has 0 spiro atoms. The average molecular weight is 1310 g/mol. The van der Waals surface area contributed by atoms with Gasteiger partial charge in [-0.25, -0.2) is 4.39 Å². The zero-order valence-electron chi connectivity index (χ0n) is 45.7. The Balaban J connectivity index is 0.000000192. The molecule has 10 rings (SSSR count). The van der Waals surface area contributed by atoms with Gasteiger partial charge < -0.3 is 38.0 Å². The van der Waals surface area contributed by atoms with Crippen LogP contribution in [0.4, 0.5) is 4.39 Å². The normalized spacial score (nSPS) is 13.8. The van der Waals surface area contributed by atoms with E-state index >= 15 is 4.39 Å². The third-order valence-corrected chi connectivity index (χ3v) is 17.1. The lowest BCUT2D eigenvalue weighted by Gasteiger charge is -2.19. The molecule has 8 aromatic rings.